The standard InChI is InChI=1S/C20H27N3O4/c24-19(11-16-15-3-1-2-4-17(15)22-20(16)25)21-12-18(14-5-8-27-13-14)23-6-9-26-10-7-23/h1-4,14,16,18H,5-13H2,(H,21,24)(H,22,25)/t14-,16+,18+/m1/s1. The van der Waals surface area contributed by atoms with Gasteiger partial charge in [-0.15, -0.1) is 0 Å². The van der Waals surface area contributed by atoms with Crippen LogP contribution in [0.15, 0.2) is 24.3 Å². The maximum absolute atomic E-state index is 12.6. The summed E-state index contributed by atoms with van der Waals surface area (Å²) in [7, 11) is 0. The molecular weight excluding hydrogens is 346 g/mol. The first kappa shape index (κ1) is 18.4. The van der Waals surface area contributed by atoms with E-state index in [1.54, 1.807) is 0 Å². The van der Waals surface area contributed by atoms with Gasteiger partial charge < -0.3 is 20.1 Å². The van der Waals surface area contributed by atoms with Gasteiger partial charge in [0, 0.05) is 50.3 Å². The summed E-state index contributed by atoms with van der Waals surface area (Å²) < 4.78 is 11.0. The van der Waals surface area contributed by atoms with Crippen LogP contribution in [-0.2, 0) is 19.1 Å². The molecule has 27 heavy (non-hydrogen) atoms. The van der Waals surface area contributed by atoms with Gasteiger partial charge >= 0.3 is 0 Å². The number of nitrogens with one attached hydrogen (secondary N) is 2. The Labute approximate surface area is 159 Å². The van der Waals surface area contributed by atoms with Gasteiger partial charge in [0.15, 0.2) is 0 Å². The Morgan fingerprint density at radius 2 is 2.04 bits per heavy atom. The van der Waals surface area contributed by atoms with E-state index in [0.717, 1.165) is 57.2 Å². The lowest BCUT2D eigenvalue weighted by Gasteiger charge is -2.37. The Bertz CT molecular complexity index is 684. The lowest BCUT2D eigenvalue weighted by atomic mass is 9.95. The summed E-state index contributed by atoms with van der Waals surface area (Å²) >= 11 is 0. The van der Waals surface area contributed by atoms with Crippen LogP contribution in [0, 0.1) is 5.92 Å². The minimum absolute atomic E-state index is 0.0796. The first-order valence-corrected chi connectivity index (χ1v) is 9.78. The third-order valence-electron chi connectivity index (χ3n) is 5.83. The van der Waals surface area contributed by atoms with Gasteiger partial charge in [-0.3, -0.25) is 14.5 Å². The molecule has 2 amide bonds. The van der Waals surface area contributed by atoms with Crippen molar-refractivity contribution < 1.29 is 19.1 Å². The van der Waals surface area contributed by atoms with E-state index in [1.807, 2.05) is 24.3 Å². The van der Waals surface area contributed by atoms with E-state index in [9.17, 15) is 9.59 Å². The minimum atomic E-state index is -0.405. The van der Waals surface area contributed by atoms with Crippen molar-refractivity contribution in [1.29, 1.82) is 0 Å². The van der Waals surface area contributed by atoms with Crippen LogP contribution in [-0.4, -0.2) is 68.8 Å². The number of carbonyl (C=O) groups is 2. The SMILES string of the molecule is O=C(C[C@@H]1C(=O)Nc2ccccc21)NC[C@@H]([C@@H]1CCOC1)N1CCOCC1. The molecule has 0 bridgehead atoms. The summed E-state index contributed by atoms with van der Waals surface area (Å²) in [5.41, 5.74) is 1.72. The van der Waals surface area contributed by atoms with Gasteiger partial charge in [0.05, 0.1) is 25.7 Å². The highest BCUT2D eigenvalue weighted by Crippen LogP contribution is 2.34. The maximum atomic E-state index is 12.6. The second kappa shape index (κ2) is 8.37. The van der Waals surface area contributed by atoms with E-state index in [2.05, 4.69) is 15.5 Å². The molecule has 0 unspecified atom stereocenters. The second-order valence-electron chi connectivity index (χ2n) is 7.48. The van der Waals surface area contributed by atoms with E-state index in [0.29, 0.717) is 12.5 Å². The van der Waals surface area contributed by atoms with Crippen molar-refractivity contribution >= 4 is 17.5 Å². The molecule has 3 aliphatic rings. The van der Waals surface area contributed by atoms with Gasteiger partial charge in [0.1, 0.15) is 0 Å². The minimum Gasteiger partial charge on any atom is -0.381 e. The molecular formula is C20H27N3O4. The molecule has 1 aromatic carbocycles. The van der Waals surface area contributed by atoms with Crippen LogP contribution in [0.2, 0.25) is 0 Å². The number of anilines is 1. The van der Waals surface area contributed by atoms with Crippen molar-refractivity contribution in [2.75, 3.05) is 51.4 Å². The lowest BCUT2D eigenvalue weighted by Crippen LogP contribution is -2.52. The van der Waals surface area contributed by atoms with Crippen molar-refractivity contribution in [2.24, 2.45) is 5.92 Å². The zero-order valence-corrected chi connectivity index (χ0v) is 15.5. The highest BCUT2D eigenvalue weighted by Gasteiger charge is 2.34. The normalized spacial score (nSPS) is 26.4. The average molecular weight is 373 g/mol. The summed E-state index contributed by atoms with van der Waals surface area (Å²) in [6.45, 7) is 5.36. The van der Waals surface area contributed by atoms with Crippen LogP contribution >= 0.6 is 0 Å². The highest BCUT2D eigenvalue weighted by atomic mass is 16.5. The predicted octanol–water partition coefficient (Wildman–Crippen LogP) is 0.966. The van der Waals surface area contributed by atoms with Crippen molar-refractivity contribution in [1.82, 2.24) is 10.2 Å². The Hall–Kier alpha value is -1.96. The molecule has 4 rings (SSSR count). The van der Waals surface area contributed by atoms with E-state index in [1.165, 1.54) is 0 Å². The Balaban J connectivity index is 1.36. The third-order valence-corrected chi connectivity index (χ3v) is 5.83. The smallest absolute Gasteiger partial charge is 0.232 e. The summed E-state index contributed by atoms with van der Waals surface area (Å²) in [5, 5.41) is 5.93. The molecule has 0 saturated carbocycles. The molecule has 0 spiro atoms. The zero-order valence-electron chi connectivity index (χ0n) is 15.5. The van der Waals surface area contributed by atoms with E-state index >= 15 is 0 Å². The summed E-state index contributed by atoms with van der Waals surface area (Å²) in [6.07, 6.45) is 1.20. The second-order valence-corrected chi connectivity index (χ2v) is 7.48. The number of nitrogens with zero attached hydrogens (tertiary/aromatic N) is 1. The molecule has 0 radical (unpaired) electrons. The molecule has 146 valence electrons. The third kappa shape index (κ3) is 4.15. The first-order chi connectivity index (χ1) is 13.2. The molecule has 1 aromatic rings. The fourth-order valence-electron chi connectivity index (χ4n) is 4.31. The Morgan fingerprint density at radius 3 is 2.81 bits per heavy atom. The van der Waals surface area contributed by atoms with Crippen molar-refractivity contribution in [3.05, 3.63) is 29.8 Å². The summed E-state index contributed by atoms with van der Waals surface area (Å²) in [5.74, 6) is -0.152. The average Bonchev–Trinajstić information content (AvgIpc) is 3.32. The van der Waals surface area contributed by atoms with E-state index in [-0.39, 0.29) is 24.3 Å². The molecule has 7 nitrogen and oxygen atoms in total. The maximum Gasteiger partial charge on any atom is 0.232 e. The molecule has 3 aliphatic heterocycles. The van der Waals surface area contributed by atoms with Gasteiger partial charge in [0.25, 0.3) is 0 Å². The quantitative estimate of drug-likeness (QED) is 0.777. The van der Waals surface area contributed by atoms with E-state index in [4.69, 9.17) is 9.47 Å². The van der Waals surface area contributed by atoms with Crippen LogP contribution < -0.4 is 10.6 Å². The molecule has 3 heterocycles. The molecule has 2 fully saturated rings. The lowest BCUT2D eigenvalue weighted by molar-refractivity contribution is -0.125. The number of carbonyl (C=O) groups excluding carboxylic acids is 2. The number of para-hydroxylation sites is 1. The van der Waals surface area contributed by atoms with Gasteiger partial charge in [0.2, 0.25) is 11.8 Å². The fraction of sp³-hybridized carbons (Fsp3) is 0.600. The number of morpholine rings is 1. The van der Waals surface area contributed by atoms with Crippen LogP contribution in [0.4, 0.5) is 5.69 Å². The van der Waals surface area contributed by atoms with Gasteiger partial charge in [-0.2, -0.15) is 0 Å². The summed E-state index contributed by atoms with van der Waals surface area (Å²) in [6, 6.07) is 7.83. The number of ether oxygens (including phenoxy) is 2. The monoisotopic (exact) mass is 373 g/mol. The topological polar surface area (TPSA) is 79.9 Å². The van der Waals surface area contributed by atoms with E-state index < -0.39 is 5.92 Å². The van der Waals surface area contributed by atoms with Gasteiger partial charge in [-0.1, -0.05) is 18.2 Å². The Morgan fingerprint density at radius 1 is 1.22 bits per heavy atom. The van der Waals surface area contributed by atoms with Crippen molar-refractivity contribution in [2.45, 2.75) is 24.8 Å². The van der Waals surface area contributed by atoms with Crippen LogP contribution in [0.25, 0.3) is 0 Å². The molecule has 0 aromatic heterocycles. The molecule has 0 aliphatic carbocycles. The first-order valence-electron chi connectivity index (χ1n) is 9.78. The van der Waals surface area contributed by atoms with Gasteiger partial charge in [-0.05, 0) is 18.1 Å². The van der Waals surface area contributed by atoms with Gasteiger partial charge in [-0.25, -0.2) is 0 Å². The molecule has 2 N–H and O–H groups in total. The number of rotatable bonds is 6. The Kier molecular flexibility index (Phi) is 5.71. The van der Waals surface area contributed by atoms with Crippen LogP contribution in [0.3, 0.4) is 0 Å². The van der Waals surface area contributed by atoms with Crippen LogP contribution in [0.1, 0.15) is 24.3 Å². The number of fused-ring (bicyclic) bond motifs is 1. The predicted molar refractivity (Wildman–Crippen MR) is 101 cm³/mol. The van der Waals surface area contributed by atoms with Crippen LogP contribution in [0.5, 0.6) is 0 Å². The molecule has 3 atom stereocenters. The molecule has 7 heteroatoms. The number of benzene rings is 1. The van der Waals surface area contributed by atoms with Crippen molar-refractivity contribution in [3.8, 4) is 0 Å². The highest BCUT2D eigenvalue weighted by molar-refractivity contribution is 6.04. The molecule has 2 saturated heterocycles. The van der Waals surface area contributed by atoms with Crippen molar-refractivity contribution in [3.63, 3.8) is 0 Å². The zero-order chi connectivity index (χ0) is 18.6. The fourth-order valence-corrected chi connectivity index (χ4v) is 4.31. The number of hydrogen-bond acceptors (Lipinski definition) is 5. The number of amides is 2. The summed E-state index contributed by atoms with van der Waals surface area (Å²) in [4.78, 5) is 27.2. The number of hydrogen-bond donors (Lipinski definition) is 2. The largest absolute Gasteiger partial charge is 0.381 e.